The molecule has 0 radical (unpaired) electrons. The number of aliphatic hydroxyl groups is 1. The lowest BCUT2D eigenvalue weighted by Crippen LogP contribution is -2.31. The van der Waals surface area contributed by atoms with Gasteiger partial charge < -0.3 is 5.11 Å². The third kappa shape index (κ3) is 3.18. The van der Waals surface area contributed by atoms with Crippen molar-refractivity contribution in [1.82, 2.24) is 4.90 Å². The van der Waals surface area contributed by atoms with E-state index in [2.05, 4.69) is 4.90 Å². The molecule has 1 atom stereocenters. The first-order valence-corrected chi connectivity index (χ1v) is 6.51. The van der Waals surface area contributed by atoms with Gasteiger partial charge in [0.05, 0.1) is 5.60 Å². The molecule has 1 aromatic rings. The Labute approximate surface area is 108 Å². The molecule has 0 bridgehead atoms. The molecule has 1 fully saturated rings. The molecule has 1 N–H and O–H groups in total. The molecular formula is C15H21NO2. The van der Waals surface area contributed by atoms with E-state index in [1.165, 1.54) is 0 Å². The molecule has 1 aliphatic rings. The molecule has 3 heteroatoms. The van der Waals surface area contributed by atoms with Crippen LogP contribution in [0.5, 0.6) is 0 Å². The van der Waals surface area contributed by atoms with Crippen LogP contribution in [0, 0.1) is 6.92 Å². The number of aryl methyl sites for hydroxylation is 1. The molecule has 1 unspecified atom stereocenters. The average molecular weight is 247 g/mol. The van der Waals surface area contributed by atoms with E-state index in [0.717, 1.165) is 30.6 Å². The van der Waals surface area contributed by atoms with Crippen LogP contribution < -0.4 is 0 Å². The van der Waals surface area contributed by atoms with Crippen molar-refractivity contribution >= 4 is 5.78 Å². The predicted molar refractivity (Wildman–Crippen MR) is 71.8 cm³/mol. The van der Waals surface area contributed by atoms with Crippen LogP contribution in [0.3, 0.4) is 0 Å². The van der Waals surface area contributed by atoms with Crippen LogP contribution >= 0.6 is 0 Å². The van der Waals surface area contributed by atoms with E-state index >= 15 is 0 Å². The maximum absolute atomic E-state index is 12.1. The molecule has 0 saturated carbocycles. The molecule has 1 heterocycles. The van der Waals surface area contributed by atoms with Crippen molar-refractivity contribution in [3.8, 4) is 0 Å². The van der Waals surface area contributed by atoms with E-state index in [1.54, 1.807) is 0 Å². The third-order valence-corrected chi connectivity index (χ3v) is 3.63. The Morgan fingerprint density at radius 2 is 2.17 bits per heavy atom. The molecular weight excluding hydrogens is 226 g/mol. The number of nitrogens with zero attached hydrogens (tertiary/aromatic N) is 1. The number of β-amino-alcohol motifs (C(OH)–C–C–N with tert-alkyl or cyclic N) is 1. The molecule has 0 amide bonds. The Morgan fingerprint density at radius 1 is 1.44 bits per heavy atom. The van der Waals surface area contributed by atoms with Gasteiger partial charge in [-0.3, -0.25) is 9.69 Å². The van der Waals surface area contributed by atoms with E-state index in [1.807, 2.05) is 38.1 Å². The second kappa shape index (κ2) is 5.21. The van der Waals surface area contributed by atoms with Crippen molar-refractivity contribution in [2.24, 2.45) is 0 Å². The van der Waals surface area contributed by atoms with E-state index in [9.17, 15) is 9.90 Å². The molecule has 1 aliphatic heterocycles. The van der Waals surface area contributed by atoms with E-state index in [0.29, 0.717) is 13.0 Å². The van der Waals surface area contributed by atoms with E-state index in [-0.39, 0.29) is 5.78 Å². The van der Waals surface area contributed by atoms with Crippen molar-refractivity contribution in [2.45, 2.75) is 32.3 Å². The van der Waals surface area contributed by atoms with Crippen molar-refractivity contribution in [3.63, 3.8) is 0 Å². The first-order valence-electron chi connectivity index (χ1n) is 6.51. The highest BCUT2D eigenvalue weighted by molar-refractivity contribution is 5.97. The van der Waals surface area contributed by atoms with Gasteiger partial charge in [-0.15, -0.1) is 0 Å². The van der Waals surface area contributed by atoms with Crippen LogP contribution in [-0.2, 0) is 0 Å². The van der Waals surface area contributed by atoms with Gasteiger partial charge in [0, 0.05) is 31.6 Å². The van der Waals surface area contributed by atoms with Crippen LogP contribution in [0.25, 0.3) is 0 Å². The number of likely N-dealkylation sites (tertiary alicyclic amines) is 1. The zero-order valence-electron chi connectivity index (χ0n) is 11.1. The Bertz CT molecular complexity index is 440. The highest BCUT2D eigenvalue weighted by Crippen LogP contribution is 2.20. The van der Waals surface area contributed by atoms with Crippen molar-refractivity contribution < 1.29 is 9.90 Å². The Morgan fingerprint density at radius 3 is 2.78 bits per heavy atom. The quantitative estimate of drug-likeness (QED) is 0.828. The van der Waals surface area contributed by atoms with Gasteiger partial charge in [0.1, 0.15) is 0 Å². The highest BCUT2D eigenvalue weighted by atomic mass is 16.3. The fourth-order valence-corrected chi connectivity index (χ4v) is 2.51. The zero-order chi connectivity index (χ0) is 13.2. The van der Waals surface area contributed by atoms with Crippen LogP contribution in [-0.4, -0.2) is 41.0 Å². The van der Waals surface area contributed by atoms with Crippen molar-refractivity contribution in [3.05, 3.63) is 35.4 Å². The van der Waals surface area contributed by atoms with Gasteiger partial charge in [0.25, 0.3) is 0 Å². The summed E-state index contributed by atoms with van der Waals surface area (Å²) in [5.74, 6) is 0.194. The summed E-state index contributed by atoms with van der Waals surface area (Å²) in [5, 5.41) is 9.86. The van der Waals surface area contributed by atoms with Crippen LogP contribution in [0.1, 0.15) is 35.7 Å². The summed E-state index contributed by atoms with van der Waals surface area (Å²) in [6.07, 6.45) is 1.33. The Balaban J connectivity index is 1.88. The molecule has 2 rings (SSSR count). The lowest BCUT2D eigenvalue weighted by Gasteiger charge is -2.18. The third-order valence-electron chi connectivity index (χ3n) is 3.63. The van der Waals surface area contributed by atoms with Crippen LogP contribution in [0.15, 0.2) is 24.3 Å². The molecule has 0 aromatic heterocycles. The number of rotatable bonds is 4. The molecule has 3 nitrogen and oxygen atoms in total. The second-order valence-electron chi connectivity index (χ2n) is 5.51. The number of Topliss-reactive ketones (excluding diaryl/α,β-unsaturated/α-hetero) is 1. The topological polar surface area (TPSA) is 40.5 Å². The fraction of sp³-hybridized carbons (Fsp3) is 0.533. The largest absolute Gasteiger partial charge is 0.389 e. The molecule has 1 saturated heterocycles. The Kier molecular flexibility index (Phi) is 3.83. The van der Waals surface area contributed by atoms with Gasteiger partial charge in [0.15, 0.2) is 5.78 Å². The summed E-state index contributed by atoms with van der Waals surface area (Å²) in [6, 6.07) is 7.70. The Hall–Kier alpha value is -1.19. The smallest absolute Gasteiger partial charge is 0.164 e. The van der Waals surface area contributed by atoms with Gasteiger partial charge in [0.2, 0.25) is 0 Å². The molecule has 98 valence electrons. The number of hydrogen-bond donors (Lipinski definition) is 1. The maximum Gasteiger partial charge on any atom is 0.164 e. The van der Waals surface area contributed by atoms with Gasteiger partial charge in [-0.25, -0.2) is 0 Å². The number of ketones is 1. The lowest BCUT2D eigenvalue weighted by molar-refractivity contribution is 0.0677. The molecule has 0 spiro atoms. The minimum atomic E-state index is -0.578. The van der Waals surface area contributed by atoms with Crippen LogP contribution in [0.2, 0.25) is 0 Å². The first kappa shape index (κ1) is 13.2. The van der Waals surface area contributed by atoms with Crippen molar-refractivity contribution in [1.29, 1.82) is 0 Å². The number of benzene rings is 1. The average Bonchev–Trinajstić information content (AvgIpc) is 2.66. The van der Waals surface area contributed by atoms with Gasteiger partial charge >= 0.3 is 0 Å². The standard InChI is InChI=1S/C15H21NO2/c1-12-5-3-4-6-13(12)14(17)7-9-16-10-8-15(2,18)11-16/h3-6,18H,7-11H2,1-2H3. The number of carbonyl (C=O) groups excluding carboxylic acids is 1. The fourth-order valence-electron chi connectivity index (χ4n) is 2.51. The minimum Gasteiger partial charge on any atom is -0.389 e. The minimum absolute atomic E-state index is 0.194. The predicted octanol–water partition coefficient (Wildman–Crippen LogP) is 2.02. The summed E-state index contributed by atoms with van der Waals surface area (Å²) in [6.45, 7) is 6.12. The normalized spacial score (nSPS) is 24.4. The molecule has 18 heavy (non-hydrogen) atoms. The monoisotopic (exact) mass is 247 g/mol. The summed E-state index contributed by atoms with van der Waals surface area (Å²) in [7, 11) is 0. The summed E-state index contributed by atoms with van der Waals surface area (Å²) in [4.78, 5) is 14.3. The molecule has 1 aromatic carbocycles. The maximum atomic E-state index is 12.1. The summed E-state index contributed by atoms with van der Waals surface area (Å²) < 4.78 is 0. The van der Waals surface area contributed by atoms with Gasteiger partial charge in [-0.1, -0.05) is 24.3 Å². The van der Waals surface area contributed by atoms with Crippen LogP contribution in [0.4, 0.5) is 0 Å². The first-order chi connectivity index (χ1) is 8.48. The van der Waals surface area contributed by atoms with E-state index in [4.69, 9.17) is 0 Å². The second-order valence-corrected chi connectivity index (χ2v) is 5.51. The highest BCUT2D eigenvalue weighted by Gasteiger charge is 2.31. The zero-order valence-corrected chi connectivity index (χ0v) is 11.1. The summed E-state index contributed by atoms with van der Waals surface area (Å²) >= 11 is 0. The lowest BCUT2D eigenvalue weighted by atomic mass is 10.0. The van der Waals surface area contributed by atoms with Crippen molar-refractivity contribution in [2.75, 3.05) is 19.6 Å². The number of hydrogen-bond acceptors (Lipinski definition) is 3. The van der Waals surface area contributed by atoms with Gasteiger partial charge in [-0.2, -0.15) is 0 Å². The van der Waals surface area contributed by atoms with E-state index < -0.39 is 5.60 Å². The number of carbonyl (C=O) groups is 1. The summed E-state index contributed by atoms with van der Waals surface area (Å²) in [5.41, 5.74) is 1.28. The van der Waals surface area contributed by atoms with Gasteiger partial charge in [-0.05, 0) is 25.8 Å². The SMILES string of the molecule is Cc1ccccc1C(=O)CCN1CCC(C)(O)C1. The molecule has 0 aliphatic carbocycles.